The molecule has 1 amide bonds. The summed E-state index contributed by atoms with van der Waals surface area (Å²) in [5, 5.41) is 7.52. The van der Waals surface area contributed by atoms with Crippen molar-refractivity contribution < 1.29 is 57.9 Å². The first kappa shape index (κ1) is 32.9. The predicted octanol–water partition coefficient (Wildman–Crippen LogP) is 6.07. The topological polar surface area (TPSA) is 70.2 Å². The standard InChI is InChI=1S/C29H33N5OS.Re.Y/c1-34(2)19-9-8-12-28(35)32-23-15-18-27-26(20-23)29(31-21-30-27)33-22-13-16-25(17-14-22)36-24-10-6-4-3-5-7-11-24;;/h13-14,16-18,21,24H,3-7,9-11,19H2,1-2H3,(H,32,35)(H,30,31,33);;/q-2;;. The Kier molecular flexibility index (Phi) is 15.1. The fraction of sp³-hybridized carbons (Fsp3) is 0.414. The molecule has 1 aromatic heterocycles. The number of rotatable bonds is 7. The third kappa shape index (κ3) is 10.7. The number of aromatic nitrogens is 2. The Morgan fingerprint density at radius 3 is 2.53 bits per heavy atom. The minimum Gasteiger partial charge on any atom is -0.367 e. The van der Waals surface area contributed by atoms with Crippen LogP contribution in [0.3, 0.4) is 0 Å². The van der Waals surface area contributed by atoms with Gasteiger partial charge in [-0.25, -0.2) is 10.7 Å². The number of amides is 1. The summed E-state index contributed by atoms with van der Waals surface area (Å²) >= 11 is 2.00. The zero-order valence-corrected chi connectivity index (χ0v) is 28.4. The molecule has 9 heteroatoms. The molecule has 2 N–H and O–H groups in total. The van der Waals surface area contributed by atoms with Crippen LogP contribution < -0.4 is 10.6 Å². The fourth-order valence-electron chi connectivity index (χ4n) is 4.15. The van der Waals surface area contributed by atoms with Crippen LogP contribution in [0.2, 0.25) is 0 Å². The number of anilines is 3. The van der Waals surface area contributed by atoms with E-state index >= 15 is 0 Å². The van der Waals surface area contributed by atoms with Crippen LogP contribution in [-0.2, 0) is 57.9 Å². The van der Waals surface area contributed by atoms with Gasteiger partial charge in [-0.05, 0) is 57.1 Å². The predicted molar refractivity (Wildman–Crippen MR) is 148 cm³/mol. The van der Waals surface area contributed by atoms with E-state index in [1.807, 2.05) is 30.8 Å². The number of fused-ring (bicyclic) bond motifs is 1. The van der Waals surface area contributed by atoms with Crippen molar-refractivity contribution in [2.75, 3.05) is 31.3 Å². The van der Waals surface area contributed by atoms with Crippen LogP contribution in [0.1, 0.15) is 51.4 Å². The molecule has 0 atom stereocenters. The number of carbonyl (C=O) groups is 1. The summed E-state index contributed by atoms with van der Waals surface area (Å²) in [7, 11) is 3.95. The molecule has 0 bridgehead atoms. The van der Waals surface area contributed by atoms with Crippen molar-refractivity contribution in [2.45, 2.75) is 61.5 Å². The molecule has 0 saturated heterocycles. The summed E-state index contributed by atoms with van der Waals surface area (Å²) in [4.78, 5) is 24.2. The molecule has 1 aliphatic rings. The molecule has 198 valence electrons. The molecule has 6 nitrogen and oxygen atoms in total. The summed E-state index contributed by atoms with van der Waals surface area (Å²) in [5.41, 5.74) is 2.05. The molecular weight excluding hydrogens is 742 g/mol. The maximum absolute atomic E-state index is 12.2. The van der Waals surface area contributed by atoms with Gasteiger partial charge in [0.15, 0.2) is 0 Å². The van der Waals surface area contributed by atoms with E-state index in [9.17, 15) is 4.79 Å². The van der Waals surface area contributed by atoms with E-state index in [2.05, 4.69) is 68.8 Å². The van der Waals surface area contributed by atoms with Crippen LogP contribution in [0.25, 0.3) is 10.9 Å². The number of nitrogens with zero attached hydrogens (tertiary/aromatic N) is 3. The van der Waals surface area contributed by atoms with Gasteiger partial charge in [-0.15, -0.1) is 11.8 Å². The Labute approximate surface area is 269 Å². The van der Waals surface area contributed by atoms with Crippen LogP contribution in [0.5, 0.6) is 0 Å². The van der Waals surface area contributed by atoms with Crippen LogP contribution in [0, 0.1) is 24.0 Å². The first-order valence-electron chi connectivity index (χ1n) is 12.6. The molecule has 3 aromatic rings. The van der Waals surface area contributed by atoms with Gasteiger partial charge in [0.25, 0.3) is 5.91 Å². The van der Waals surface area contributed by atoms with Crippen LogP contribution in [-0.4, -0.2) is 46.7 Å². The molecular formula is C29H33N5OReSY-2. The second kappa shape index (κ2) is 17.4. The van der Waals surface area contributed by atoms with Gasteiger partial charge < -0.3 is 32.7 Å². The van der Waals surface area contributed by atoms with Gasteiger partial charge in [-0.3, -0.25) is 10.9 Å². The van der Waals surface area contributed by atoms with E-state index in [0.29, 0.717) is 34.1 Å². The molecule has 0 spiro atoms. The Hall–Kier alpha value is -1.31. The van der Waals surface area contributed by atoms with Gasteiger partial charge in [0.2, 0.25) is 0 Å². The molecule has 0 unspecified atom stereocenters. The third-order valence-corrected chi connectivity index (χ3v) is 7.43. The van der Waals surface area contributed by atoms with Crippen molar-refractivity contribution in [3.8, 4) is 11.8 Å². The smallest absolute Gasteiger partial charge is 0.296 e. The summed E-state index contributed by atoms with van der Waals surface area (Å²) < 4.78 is 0. The average Bonchev–Trinajstić information content (AvgIpc) is 2.85. The summed E-state index contributed by atoms with van der Waals surface area (Å²) in [5.74, 6) is 5.74. The number of hydrogen-bond acceptors (Lipinski definition) is 6. The molecule has 1 heterocycles. The normalized spacial score (nSPS) is 13.8. The number of hydrogen-bond donors (Lipinski definition) is 2. The summed E-state index contributed by atoms with van der Waals surface area (Å²) in [6, 6.07) is 16.4. The van der Waals surface area contributed by atoms with E-state index in [-0.39, 0.29) is 59.0 Å². The van der Waals surface area contributed by atoms with E-state index in [1.165, 1.54) is 56.2 Å². The van der Waals surface area contributed by atoms with Crippen LogP contribution in [0.15, 0.2) is 41.6 Å². The van der Waals surface area contributed by atoms with Crippen LogP contribution in [0.4, 0.5) is 17.2 Å². The fourth-order valence-corrected chi connectivity index (χ4v) is 5.39. The summed E-state index contributed by atoms with van der Waals surface area (Å²) in [6.45, 7) is 0.807. The number of carbonyl (C=O) groups excluding carboxylic acids is 1. The zero-order chi connectivity index (χ0) is 25.2. The molecule has 1 aliphatic carbocycles. The molecule has 1 fully saturated rings. The summed E-state index contributed by atoms with van der Waals surface area (Å²) in [6.07, 6.45) is 11.6. The second-order valence-electron chi connectivity index (χ2n) is 9.31. The molecule has 1 saturated carbocycles. The molecule has 0 aliphatic heterocycles. The number of benzene rings is 2. The van der Waals surface area contributed by atoms with Crippen molar-refractivity contribution in [3.63, 3.8) is 0 Å². The molecule has 38 heavy (non-hydrogen) atoms. The van der Waals surface area contributed by atoms with Gasteiger partial charge in [0, 0.05) is 81.9 Å². The Morgan fingerprint density at radius 2 is 1.82 bits per heavy atom. The quantitative estimate of drug-likeness (QED) is 0.225. The maximum Gasteiger partial charge on any atom is 0.296 e. The van der Waals surface area contributed by atoms with Gasteiger partial charge in [-0.2, -0.15) is 10.9 Å². The van der Waals surface area contributed by atoms with Gasteiger partial charge in [0.1, 0.15) is 0 Å². The van der Waals surface area contributed by atoms with Gasteiger partial charge >= 0.3 is 0 Å². The number of thioether (sulfide) groups is 1. The average molecular weight is 775 g/mol. The Morgan fingerprint density at radius 1 is 1.11 bits per heavy atom. The zero-order valence-electron chi connectivity index (χ0n) is 22.0. The van der Waals surface area contributed by atoms with Crippen molar-refractivity contribution in [1.82, 2.24) is 14.9 Å². The van der Waals surface area contributed by atoms with E-state index < -0.39 is 0 Å². The van der Waals surface area contributed by atoms with Crippen molar-refractivity contribution in [3.05, 3.63) is 48.8 Å². The largest absolute Gasteiger partial charge is 0.367 e. The van der Waals surface area contributed by atoms with E-state index in [0.717, 1.165) is 12.2 Å². The van der Waals surface area contributed by atoms with E-state index in [4.69, 9.17) is 0 Å². The first-order valence-corrected chi connectivity index (χ1v) is 13.5. The van der Waals surface area contributed by atoms with Gasteiger partial charge in [-0.1, -0.05) is 38.0 Å². The van der Waals surface area contributed by atoms with Crippen molar-refractivity contribution >= 4 is 45.8 Å². The number of nitrogens with one attached hydrogen (secondary N) is 2. The van der Waals surface area contributed by atoms with Crippen molar-refractivity contribution in [2.24, 2.45) is 0 Å². The van der Waals surface area contributed by atoms with Crippen LogP contribution >= 0.6 is 11.8 Å². The molecule has 2 aromatic carbocycles. The maximum atomic E-state index is 12.2. The third-order valence-electron chi connectivity index (χ3n) is 6.08. The van der Waals surface area contributed by atoms with Crippen molar-refractivity contribution in [1.29, 1.82) is 0 Å². The minimum absolute atomic E-state index is 0. The monoisotopic (exact) mass is 775 g/mol. The van der Waals surface area contributed by atoms with Gasteiger partial charge in [0.05, 0.1) is 12.1 Å². The first-order chi connectivity index (χ1) is 17.6. The Bertz CT molecular complexity index is 1220. The SMILES string of the molecule is CN(C)CCC#CC(=O)Nc1[c-]cc2ncnc(Nc3ccc(SC4CCCCCCC4)cc3)c2[c-]1.[Re].[Y]. The molecule has 4 rings (SSSR count). The second-order valence-corrected chi connectivity index (χ2v) is 10.7. The van der Waals surface area contributed by atoms with E-state index in [1.54, 1.807) is 6.07 Å². The minimum atomic E-state index is -0.385. The molecule has 2 radical (unpaired) electrons. The Balaban J connectivity index is 0.00000253.